The van der Waals surface area contributed by atoms with Crippen molar-refractivity contribution in [1.29, 1.82) is 0 Å². The van der Waals surface area contributed by atoms with Crippen molar-refractivity contribution in [3.05, 3.63) is 23.0 Å². The van der Waals surface area contributed by atoms with E-state index in [0.29, 0.717) is 49.9 Å². The summed E-state index contributed by atoms with van der Waals surface area (Å²) in [7, 11) is 0. The van der Waals surface area contributed by atoms with Crippen LogP contribution in [0.3, 0.4) is 0 Å². The third-order valence-corrected chi connectivity index (χ3v) is 4.92. The predicted octanol–water partition coefficient (Wildman–Crippen LogP) is 0.699. The van der Waals surface area contributed by atoms with Crippen molar-refractivity contribution >= 4 is 23.2 Å². The van der Waals surface area contributed by atoms with Gasteiger partial charge in [-0.15, -0.1) is 5.10 Å². The highest BCUT2D eigenvalue weighted by atomic mass is 32.1. The maximum absolute atomic E-state index is 12.1. The van der Waals surface area contributed by atoms with Crippen molar-refractivity contribution in [2.45, 2.75) is 19.4 Å². The van der Waals surface area contributed by atoms with Gasteiger partial charge in [-0.25, -0.2) is 4.68 Å². The van der Waals surface area contributed by atoms with Crippen molar-refractivity contribution < 1.29 is 14.1 Å². The topological polar surface area (TPSA) is 128 Å². The number of nitrogens with zero attached hydrogens (tertiary/aromatic N) is 5. The molecule has 0 bridgehead atoms. The number of carbonyl (C=O) groups is 2. The average molecular weight is 387 g/mol. The number of piperidine rings is 1. The van der Waals surface area contributed by atoms with Crippen molar-refractivity contribution in [1.82, 2.24) is 35.8 Å². The molecule has 1 unspecified atom stereocenters. The smallest absolute Gasteiger partial charge is 0.280 e. The van der Waals surface area contributed by atoms with Gasteiger partial charge in [0.25, 0.3) is 5.89 Å². The third kappa shape index (κ3) is 4.03. The first-order chi connectivity index (χ1) is 13.2. The van der Waals surface area contributed by atoms with E-state index < -0.39 is 0 Å². The van der Waals surface area contributed by atoms with Gasteiger partial charge in [0, 0.05) is 30.5 Å². The number of amides is 2. The average Bonchev–Trinajstić information content (AvgIpc) is 3.42. The van der Waals surface area contributed by atoms with E-state index in [4.69, 9.17) is 4.52 Å². The molecular weight excluding hydrogens is 370 g/mol. The molecule has 27 heavy (non-hydrogen) atoms. The highest BCUT2D eigenvalue weighted by Gasteiger charge is 2.24. The van der Waals surface area contributed by atoms with Crippen LogP contribution in [0.2, 0.25) is 0 Å². The summed E-state index contributed by atoms with van der Waals surface area (Å²) in [5, 5.41) is 21.4. The summed E-state index contributed by atoms with van der Waals surface area (Å²) in [5.41, 5.74) is 1.37. The van der Waals surface area contributed by atoms with Gasteiger partial charge < -0.3 is 15.2 Å². The van der Waals surface area contributed by atoms with Crippen molar-refractivity contribution in [2.24, 2.45) is 5.92 Å². The number of hydrogen-bond donors (Lipinski definition) is 2. The zero-order valence-electron chi connectivity index (χ0n) is 14.3. The quantitative estimate of drug-likeness (QED) is 0.637. The summed E-state index contributed by atoms with van der Waals surface area (Å²) in [5.74, 6) is 0.560. The molecule has 4 rings (SSSR count). The maximum atomic E-state index is 12.1. The molecule has 4 heterocycles. The van der Waals surface area contributed by atoms with E-state index in [-0.39, 0.29) is 17.7 Å². The summed E-state index contributed by atoms with van der Waals surface area (Å²) in [6.07, 6.45) is 2.66. The second-order valence-corrected chi connectivity index (χ2v) is 6.91. The van der Waals surface area contributed by atoms with Gasteiger partial charge in [0.1, 0.15) is 0 Å². The standard InChI is InChI=1S/C16H17N7O3S/c24-13-2-1-10(7-18-13)15(25)17-4-5-23-8-12(20-22-23)16-19-14(21-26-16)11-3-6-27-9-11/h3,6,8-10H,1-2,4-5,7H2,(H,17,25)(H,18,24). The monoisotopic (exact) mass is 387 g/mol. The Labute approximate surface area is 158 Å². The third-order valence-electron chi connectivity index (χ3n) is 4.24. The van der Waals surface area contributed by atoms with Crippen LogP contribution in [0.25, 0.3) is 23.0 Å². The normalized spacial score (nSPS) is 16.9. The Balaban J connectivity index is 1.30. The van der Waals surface area contributed by atoms with Gasteiger partial charge in [-0.3, -0.25) is 9.59 Å². The van der Waals surface area contributed by atoms with Crippen LogP contribution in [0.5, 0.6) is 0 Å². The Morgan fingerprint density at radius 2 is 2.41 bits per heavy atom. The molecule has 2 N–H and O–H groups in total. The summed E-state index contributed by atoms with van der Waals surface area (Å²) in [6, 6.07) is 1.91. The highest BCUT2D eigenvalue weighted by molar-refractivity contribution is 7.08. The fourth-order valence-corrected chi connectivity index (χ4v) is 3.37. The molecule has 0 radical (unpaired) electrons. The van der Waals surface area contributed by atoms with Gasteiger partial charge in [0.05, 0.1) is 18.7 Å². The lowest BCUT2D eigenvalue weighted by atomic mass is 9.98. The van der Waals surface area contributed by atoms with E-state index in [9.17, 15) is 9.59 Å². The lowest BCUT2D eigenvalue weighted by Gasteiger charge is -2.21. The van der Waals surface area contributed by atoms with Gasteiger partial charge >= 0.3 is 0 Å². The molecule has 11 heteroatoms. The van der Waals surface area contributed by atoms with E-state index in [0.717, 1.165) is 5.56 Å². The van der Waals surface area contributed by atoms with Crippen molar-refractivity contribution in [3.8, 4) is 23.0 Å². The minimum Gasteiger partial charge on any atom is -0.355 e. The molecule has 1 atom stereocenters. The number of aromatic nitrogens is 5. The Morgan fingerprint density at radius 3 is 3.19 bits per heavy atom. The second-order valence-electron chi connectivity index (χ2n) is 6.13. The molecule has 140 valence electrons. The molecule has 1 aliphatic rings. The lowest BCUT2D eigenvalue weighted by molar-refractivity contribution is -0.128. The number of carbonyl (C=O) groups excluding carboxylic acids is 2. The summed E-state index contributed by atoms with van der Waals surface area (Å²) in [4.78, 5) is 27.6. The predicted molar refractivity (Wildman–Crippen MR) is 95.4 cm³/mol. The van der Waals surface area contributed by atoms with Crippen LogP contribution in [-0.2, 0) is 16.1 Å². The molecule has 3 aromatic rings. The highest BCUT2D eigenvalue weighted by Crippen LogP contribution is 2.22. The second kappa shape index (κ2) is 7.66. The Bertz CT molecular complexity index is 924. The largest absolute Gasteiger partial charge is 0.355 e. The molecule has 1 saturated heterocycles. The van der Waals surface area contributed by atoms with E-state index in [1.54, 1.807) is 22.2 Å². The molecule has 0 aromatic carbocycles. The van der Waals surface area contributed by atoms with Crippen LogP contribution in [0.1, 0.15) is 12.8 Å². The van der Waals surface area contributed by atoms with E-state index in [1.807, 2.05) is 16.8 Å². The van der Waals surface area contributed by atoms with Crippen LogP contribution < -0.4 is 10.6 Å². The molecule has 3 aromatic heterocycles. The van der Waals surface area contributed by atoms with Crippen LogP contribution in [0, 0.1) is 5.92 Å². The molecule has 0 saturated carbocycles. The number of rotatable bonds is 6. The Kier molecular flexibility index (Phi) is 4.92. The van der Waals surface area contributed by atoms with Gasteiger partial charge in [0.15, 0.2) is 5.69 Å². The SMILES string of the molecule is O=C1CCC(C(=O)NCCn2cc(-c3nc(-c4ccsc4)no3)nn2)CN1. The fraction of sp³-hybridized carbons (Fsp3) is 0.375. The van der Waals surface area contributed by atoms with E-state index in [1.165, 1.54) is 0 Å². The Hall–Kier alpha value is -3.08. The molecule has 2 amide bonds. The van der Waals surface area contributed by atoms with Crippen LogP contribution in [-0.4, -0.2) is 50.0 Å². The fourth-order valence-electron chi connectivity index (χ4n) is 2.74. The van der Waals surface area contributed by atoms with Gasteiger partial charge in [-0.2, -0.15) is 16.3 Å². The van der Waals surface area contributed by atoms with Gasteiger partial charge in [0.2, 0.25) is 17.6 Å². The van der Waals surface area contributed by atoms with Crippen molar-refractivity contribution in [2.75, 3.05) is 13.1 Å². The number of hydrogen-bond acceptors (Lipinski definition) is 8. The number of nitrogens with one attached hydrogen (secondary N) is 2. The molecular formula is C16H17N7O3S. The van der Waals surface area contributed by atoms with Gasteiger partial charge in [-0.05, 0) is 17.9 Å². The lowest BCUT2D eigenvalue weighted by Crippen LogP contribution is -2.43. The van der Waals surface area contributed by atoms with E-state index in [2.05, 4.69) is 31.1 Å². The molecule has 0 aliphatic carbocycles. The zero-order valence-corrected chi connectivity index (χ0v) is 15.1. The van der Waals surface area contributed by atoms with Gasteiger partial charge in [-0.1, -0.05) is 10.4 Å². The summed E-state index contributed by atoms with van der Waals surface area (Å²) in [6.45, 7) is 1.27. The first-order valence-electron chi connectivity index (χ1n) is 8.50. The number of thiophene rings is 1. The maximum Gasteiger partial charge on any atom is 0.280 e. The molecule has 0 spiro atoms. The van der Waals surface area contributed by atoms with Crippen molar-refractivity contribution in [3.63, 3.8) is 0 Å². The van der Waals surface area contributed by atoms with E-state index >= 15 is 0 Å². The first-order valence-corrected chi connectivity index (χ1v) is 9.44. The minimum atomic E-state index is -0.178. The van der Waals surface area contributed by atoms with Crippen LogP contribution in [0.15, 0.2) is 27.5 Å². The van der Waals surface area contributed by atoms with Crippen LogP contribution >= 0.6 is 11.3 Å². The summed E-state index contributed by atoms with van der Waals surface area (Å²) < 4.78 is 6.85. The molecule has 10 nitrogen and oxygen atoms in total. The zero-order chi connectivity index (χ0) is 18.6. The molecule has 1 aliphatic heterocycles. The first kappa shape index (κ1) is 17.3. The minimum absolute atomic E-state index is 0.00243. The van der Waals surface area contributed by atoms with Crippen LogP contribution in [0.4, 0.5) is 0 Å². The Morgan fingerprint density at radius 1 is 1.48 bits per heavy atom. The summed E-state index contributed by atoms with van der Waals surface area (Å²) >= 11 is 1.56. The molecule has 1 fully saturated rings.